The standard InChI is InChI=1S/C15H19NO3S2/c1-11-3-4-12(10-16)15(9-11)20(17)13-5-7-14(8-6-13)21(2,18)19/h5-8,11-12,15H,3-4,9H2,1-2H3. The highest BCUT2D eigenvalue weighted by Crippen LogP contribution is 2.34. The number of hydrogen-bond acceptors (Lipinski definition) is 4. The number of nitriles is 1. The van der Waals surface area contributed by atoms with Crippen LogP contribution in [-0.4, -0.2) is 24.1 Å². The Morgan fingerprint density at radius 1 is 1.24 bits per heavy atom. The van der Waals surface area contributed by atoms with Crippen molar-refractivity contribution in [3.63, 3.8) is 0 Å². The predicted molar refractivity (Wildman–Crippen MR) is 81.9 cm³/mol. The number of hydrogen-bond donors (Lipinski definition) is 0. The molecule has 0 heterocycles. The maximum atomic E-state index is 12.7. The van der Waals surface area contributed by atoms with Crippen molar-refractivity contribution in [1.29, 1.82) is 5.26 Å². The Labute approximate surface area is 128 Å². The Morgan fingerprint density at radius 2 is 1.86 bits per heavy atom. The lowest BCUT2D eigenvalue weighted by atomic mass is 9.83. The van der Waals surface area contributed by atoms with Crippen LogP contribution in [-0.2, 0) is 20.6 Å². The summed E-state index contributed by atoms with van der Waals surface area (Å²) in [6.07, 6.45) is 3.71. The lowest BCUT2D eigenvalue weighted by Crippen LogP contribution is -2.31. The summed E-state index contributed by atoms with van der Waals surface area (Å²) in [5, 5.41) is 9.07. The third kappa shape index (κ3) is 3.72. The van der Waals surface area contributed by atoms with Crippen molar-refractivity contribution < 1.29 is 12.6 Å². The molecule has 0 radical (unpaired) electrons. The van der Waals surface area contributed by atoms with Crippen LogP contribution in [0.25, 0.3) is 0 Å². The molecule has 1 aromatic rings. The zero-order valence-electron chi connectivity index (χ0n) is 12.2. The third-order valence-corrected chi connectivity index (χ3v) is 6.92. The fraction of sp³-hybridized carbons (Fsp3) is 0.533. The van der Waals surface area contributed by atoms with Gasteiger partial charge in [0.25, 0.3) is 0 Å². The Morgan fingerprint density at radius 3 is 2.38 bits per heavy atom. The van der Waals surface area contributed by atoms with Crippen LogP contribution in [0.5, 0.6) is 0 Å². The summed E-state index contributed by atoms with van der Waals surface area (Å²) in [5.41, 5.74) is 0. The first-order valence-corrected chi connectivity index (χ1v) is 10.0. The molecule has 1 fully saturated rings. The predicted octanol–water partition coefficient (Wildman–Crippen LogP) is 2.53. The molecule has 1 aromatic carbocycles. The highest BCUT2D eigenvalue weighted by Gasteiger charge is 2.33. The summed E-state index contributed by atoms with van der Waals surface area (Å²) in [6.45, 7) is 2.12. The van der Waals surface area contributed by atoms with Gasteiger partial charge in [0.1, 0.15) is 0 Å². The topological polar surface area (TPSA) is 75.0 Å². The minimum atomic E-state index is -3.25. The van der Waals surface area contributed by atoms with Crippen LogP contribution in [0.2, 0.25) is 0 Å². The van der Waals surface area contributed by atoms with Crippen molar-refractivity contribution in [3.8, 4) is 6.07 Å². The molecule has 0 N–H and O–H groups in total. The molecule has 0 bridgehead atoms. The molecule has 1 aliphatic carbocycles. The van der Waals surface area contributed by atoms with Gasteiger partial charge in [-0.25, -0.2) is 8.42 Å². The molecule has 0 amide bonds. The minimum Gasteiger partial charge on any atom is -0.254 e. The van der Waals surface area contributed by atoms with Gasteiger partial charge in [0.2, 0.25) is 0 Å². The van der Waals surface area contributed by atoms with E-state index in [1.54, 1.807) is 12.1 Å². The molecule has 21 heavy (non-hydrogen) atoms. The second kappa shape index (κ2) is 6.29. The second-order valence-electron chi connectivity index (χ2n) is 5.73. The maximum absolute atomic E-state index is 12.7. The van der Waals surface area contributed by atoms with Crippen molar-refractivity contribution in [2.45, 2.75) is 41.2 Å². The van der Waals surface area contributed by atoms with Gasteiger partial charge in [0.05, 0.1) is 32.9 Å². The van der Waals surface area contributed by atoms with Crippen LogP contribution in [0.15, 0.2) is 34.1 Å². The quantitative estimate of drug-likeness (QED) is 0.856. The van der Waals surface area contributed by atoms with E-state index in [-0.39, 0.29) is 16.1 Å². The van der Waals surface area contributed by atoms with Crippen molar-refractivity contribution >= 4 is 20.6 Å². The monoisotopic (exact) mass is 325 g/mol. The first kappa shape index (κ1) is 16.2. The first-order chi connectivity index (χ1) is 9.82. The van der Waals surface area contributed by atoms with Crippen molar-refractivity contribution in [2.24, 2.45) is 11.8 Å². The lowest BCUT2D eigenvalue weighted by molar-refractivity contribution is 0.341. The molecule has 4 nitrogen and oxygen atoms in total. The Hall–Kier alpha value is -1.19. The van der Waals surface area contributed by atoms with E-state index in [0.29, 0.717) is 10.8 Å². The van der Waals surface area contributed by atoms with E-state index in [1.807, 2.05) is 0 Å². The average Bonchev–Trinajstić information content (AvgIpc) is 2.45. The Kier molecular flexibility index (Phi) is 4.84. The highest BCUT2D eigenvalue weighted by molar-refractivity contribution is 7.90. The van der Waals surface area contributed by atoms with E-state index in [2.05, 4.69) is 13.0 Å². The zero-order chi connectivity index (χ0) is 15.6. The molecule has 2 rings (SSSR count). The summed E-state index contributed by atoms with van der Waals surface area (Å²) in [7, 11) is -4.52. The van der Waals surface area contributed by atoms with Gasteiger partial charge in [-0.2, -0.15) is 5.26 Å². The Bertz CT molecular complexity index is 674. The molecule has 114 valence electrons. The Balaban J connectivity index is 2.25. The molecule has 4 unspecified atom stereocenters. The molecule has 1 saturated carbocycles. The van der Waals surface area contributed by atoms with E-state index >= 15 is 0 Å². The molecule has 0 aliphatic heterocycles. The van der Waals surface area contributed by atoms with E-state index in [0.717, 1.165) is 25.5 Å². The lowest BCUT2D eigenvalue weighted by Gasteiger charge is -2.30. The number of sulfone groups is 1. The zero-order valence-corrected chi connectivity index (χ0v) is 13.8. The largest absolute Gasteiger partial charge is 0.254 e. The fourth-order valence-corrected chi connectivity index (χ4v) is 5.09. The first-order valence-electron chi connectivity index (χ1n) is 6.93. The summed E-state index contributed by atoms with van der Waals surface area (Å²) < 4.78 is 35.6. The molecular weight excluding hydrogens is 306 g/mol. The molecule has 1 aliphatic rings. The molecule has 0 saturated heterocycles. The SMILES string of the molecule is CC1CCC(C#N)C(S(=O)c2ccc(S(C)(=O)=O)cc2)C1. The van der Waals surface area contributed by atoms with Gasteiger partial charge in [0, 0.05) is 11.2 Å². The molecular formula is C15H19NO3S2. The van der Waals surface area contributed by atoms with Gasteiger partial charge in [-0.1, -0.05) is 6.92 Å². The fourth-order valence-electron chi connectivity index (χ4n) is 2.71. The third-order valence-electron chi connectivity index (χ3n) is 3.98. The average molecular weight is 325 g/mol. The van der Waals surface area contributed by atoms with Gasteiger partial charge in [-0.3, -0.25) is 4.21 Å². The summed E-state index contributed by atoms with van der Waals surface area (Å²) in [5.74, 6) is 0.287. The minimum absolute atomic E-state index is 0.164. The molecule has 4 atom stereocenters. The summed E-state index contributed by atoms with van der Waals surface area (Å²) in [6, 6.07) is 8.43. The van der Waals surface area contributed by atoms with Gasteiger partial charge < -0.3 is 0 Å². The van der Waals surface area contributed by atoms with Gasteiger partial charge >= 0.3 is 0 Å². The van der Waals surface area contributed by atoms with E-state index in [4.69, 9.17) is 0 Å². The van der Waals surface area contributed by atoms with E-state index < -0.39 is 20.6 Å². The van der Waals surface area contributed by atoms with E-state index in [9.17, 15) is 17.9 Å². The summed E-state index contributed by atoms with van der Waals surface area (Å²) >= 11 is 0. The van der Waals surface area contributed by atoms with Crippen molar-refractivity contribution in [3.05, 3.63) is 24.3 Å². The van der Waals surface area contributed by atoms with Gasteiger partial charge in [-0.05, 0) is 49.4 Å². The van der Waals surface area contributed by atoms with Crippen LogP contribution in [0.1, 0.15) is 26.2 Å². The molecule has 6 heteroatoms. The van der Waals surface area contributed by atoms with Crippen LogP contribution >= 0.6 is 0 Å². The maximum Gasteiger partial charge on any atom is 0.175 e. The van der Waals surface area contributed by atoms with Crippen molar-refractivity contribution in [1.82, 2.24) is 0 Å². The van der Waals surface area contributed by atoms with Crippen LogP contribution in [0, 0.1) is 23.2 Å². The molecule has 0 aromatic heterocycles. The highest BCUT2D eigenvalue weighted by atomic mass is 32.2. The van der Waals surface area contributed by atoms with E-state index in [1.165, 1.54) is 12.1 Å². The van der Waals surface area contributed by atoms with Gasteiger partial charge in [-0.15, -0.1) is 0 Å². The second-order valence-corrected chi connectivity index (χ2v) is 9.42. The summed E-state index contributed by atoms with van der Waals surface area (Å²) in [4.78, 5) is 0.818. The number of nitrogens with zero attached hydrogens (tertiary/aromatic N) is 1. The normalized spacial score (nSPS) is 27.8. The van der Waals surface area contributed by atoms with Crippen LogP contribution in [0.4, 0.5) is 0 Å². The van der Waals surface area contributed by atoms with Crippen LogP contribution in [0.3, 0.4) is 0 Å². The van der Waals surface area contributed by atoms with Crippen molar-refractivity contribution in [2.75, 3.05) is 6.26 Å². The number of benzene rings is 1. The number of rotatable bonds is 3. The molecule has 0 spiro atoms. The smallest absolute Gasteiger partial charge is 0.175 e. The van der Waals surface area contributed by atoms with Crippen LogP contribution < -0.4 is 0 Å². The van der Waals surface area contributed by atoms with Gasteiger partial charge in [0.15, 0.2) is 9.84 Å².